The first-order valence-electron chi connectivity index (χ1n) is 6.19. The largest absolute Gasteiger partial charge is 0.374 e. The Bertz CT molecular complexity index is 324. The van der Waals surface area contributed by atoms with Crippen LogP contribution in [0.15, 0.2) is 0 Å². The maximum Gasteiger partial charge on any atom is 0.228 e. The molecule has 0 aromatic heterocycles. The number of nitriles is 1. The van der Waals surface area contributed by atoms with Gasteiger partial charge in [-0.25, -0.2) is 0 Å². The molecular formula is C13H22N2O2. The minimum absolute atomic E-state index is 0.0377. The molecule has 0 aromatic rings. The SMILES string of the molecule is CC1OC(C)C(C(=O)N(C)C(C)CC#N)C1C. The summed E-state index contributed by atoms with van der Waals surface area (Å²) < 4.78 is 5.68. The summed E-state index contributed by atoms with van der Waals surface area (Å²) >= 11 is 0. The Labute approximate surface area is 104 Å². The quantitative estimate of drug-likeness (QED) is 0.753. The van der Waals surface area contributed by atoms with Crippen LogP contribution in [-0.2, 0) is 9.53 Å². The van der Waals surface area contributed by atoms with Crippen LogP contribution < -0.4 is 0 Å². The molecule has 4 heteroatoms. The average molecular weight is 238 g/mol. The molecular weight excluding hydrogens is 216 g/mol. The topological polar surface area (TPSA) is 53.3 Å². The van der Waals surface area contributed by atoms with Gasteiger partial charge in [0.15, 0.2) is 0 Å². The molecule has 1 amide bonds. The molecule has 17 heavy (non-hydrogen) atoms. The second-order valence-corrected chi connectivity index (χ2v) is 5.09. The van der Waals surface area contributed by atoms with Crippen molar-refractivity contribution in [1.82, 2.24) is 4.90 Å². The second kappa shape index (κ2) is 5.50. The summed E-state index contributed by atoms with van der Waals surface area (Å²) in [7, 11) is 1.77. The predicted octanol–water partition coefficient (Wildman–Crippen LogP) is 1.81. The summed E-state index contributed by atoms with van der Waals surface area (Å²) in [4.78, 5) is 14.0. The van der Waals surface area contributed by atoms with Crippen LogP contribution in [0.4, 0.5) is 0 Å². The third-order valence-electron chi connectivity index (χ3n) is 3.92. The number of hydrogen-bond donors (Lipinski definition) is 0. The second-order valence-electron chi connectivity index (χ2n) is 5.09. The van der Waals surface area contributed by atoms with Crippen LogP contribution in [0.3, 0.4) is 0 Å². The van der Waals surface area contributed by atoms with E-state index in [1.54, 1.807) is 11.9 Å². The van der Waals surface area contributed by atoms with Crippen molar-refractivity contribution in [3.8, 4) is 6.07 Å². The Morgan fingerprint density at radius 1 is 1.41 bits per heavy atom. The van der Waals surface area contributed by atoms with Gasteiger partial charge in [0.1, 0.15) is 0 Å². The highest BCUT2D eigenvalue weighted by Crippen LogP contribution is 2.33. The number of carbonyl (C=O) groups excluding carboxylic acids is 1. The first kappa shape index (κ1) is 14.0. The van der Waals surface area contributed by atoms with Gasteiger partial charge >= 0.3 is 0 Å². The fourth-order valence-electron chi connectivity index (χ4n) is 2.41. The number of rotatable bonds is 3. The molecule has 0 saturated carbocycles. The summed E-state index contributed by atoms with van der Waals surface area (Å²) in [5, 5.41) is 8.67. The summed E-state index contributed by atoms with van der Waals surface area (Å²) in [6, 6.07) is 2.06. The van der Waals surface area contributed by atoms with E-state index in [9.17, 15) is 4.79 Å². The Morgan fingerprint density at radius 2 is 2.00 bits per heavy atom. The van der Waals surface area contributed by atoms with E-state index in [2.05, 4.69) is 13.0 Å². The van der Waals surface area contributed by atoms with Gasteiger partial charge in [-0.3, -0.25) is 4.79 Å². The zero-order chi connectivity index (χ0) is 13.2. The summed E-state index contributed by atoms with van der Waals surface area (Å²) in [5.74, 6) is 0.238. The maximum atomic E-state index is 12.4. The van der Waals surface area contributed by atoms with E-state index >= 15 is 0 Å². The van der Waals surface area contributed by atoms with Crippen LogP contribution in [0.2, 0.25) is 0 Å². The molecule has 1 aliphatic heterocycles. The minimum Gasteiger partial charge on any atom is -0.374 e. The maximum absolute atomic E-state index is 12.4. The molecule has 1 rings (SSSR count). The molecule has 1 heterocycles. The van der Waals surface area contributed by atoms with Crippen molar-refractivity contribution in [2.45, 2.75) is 52.4 Å². The van der Waals surface area contributed by atoms with Gasteiger partial charge in [-0.05, 0) is 26.7 Å². The normalized spacial score (nSPS) is 34.1. The third kappa shape index (κ3) is 2.78. The minimum atomic E-state index is -0.0869. The Balaban J connectivity index is 2.73. The lowest BCUT2D eigenvalue weighted by molar-refractivity contribution is -0.138. The van der Waals surface area contributed by atoms with Gasteiger partial charge in [-0.1, -0.05) is 6.92 Å². The van der Waals surface area contributed by atoms with E-state index in [4.69, 9.17) is 10.00 Å². The van der Waals surface area contributed by atoms with Crippen LogP contribution in [-0.4, -0.2) is 36.1 Å². The van der Waals surface area contributed by atoms with Crippen molar-refractivity contribution in [3.05, 3.63) is 0 Å². The molecule has 0 spiro atoms. The van der Waals surface area contributed by atoms with Crippen molar-refractivity contribution < 1.29 is 9.53 Å². The smallest absolute Gasteiger partial charge is 0.228 e. The van der Waals surface area contributed by atoms with Gasteiger partial charge in [-0.15, -0.1) is 0 Å². The molecule has 0 aromatic carbocycles. The number of carbonyl (C=O) groups is 1. The standard InChI is InChI=1S/C13H22N2O2/c1-8(6-7-14)15(5)13(16)12-9(2)10(3)17-11(12)4/h8-12H,6H2,1-5H3. The van der Waals surface area contributed by atoms with E-state index in [-0.39, 0.29) is 36.0 Å². The first-order valence-corrected chi connectivity index (χ1v) is 6.19. The first-order chi connectivity index (χ1) is 7.90. The average Bonchev–Trinajstić information content (AvgIpc) is 2.51. The van der Waals surface area contributed by atoms with E-state index in [1.807, 2.05) is 20.8 Å². The summed E-state index contributed by atoms with van der Waals surface area (Å²) in [6.07, 6.45) is 0.455. The zero-order valence-electron chi connectivity index (χ0n) is 11.3. The van der Waals surface area contributed by atoms with Gasteiger partial charge in [0.25, 0.3) is 0 Å². The van der Waals surface area contributed by atoms with Gasteiger partial charge in [0, 0.05) is 13.1 Å². The van der Waals surface area contributed by atoms with Gasteiger partial charge in [0.2, 0.25) is 5.91 Å². The molecule has 0 radical (unpaired) electrons. The van der Waals surface area contributed by atoms with E-state index in [0.29, 0.717) is 6.42 Å². The van der Waals surface area contributed by atoms with Crippen molar-refractivity contribution in [2.75, 3.05) is 7.05 Å². The lowest BCUT2D eigenvalue weighted by Gasteiger charge is -2.28. The zero-order valence-corrected chi connectivity index (χ0v) is 11.3. The molecule has 5 atom stereocenters. The third-order valence-corrected chi connectivity index (χ3v) is 3.92. The van der Waals surface area contributed by atoms with Crippen LogP contribution in [0.1, 0.15) is 34.1 Å². The number of nitrogens with zero attached hydrogens (tertiary/aromatic N) is 2. The van der Waals surface area contributed by atoms with Crippen molar-refractivity contribution in [2.24, 2.45) is 11.8 Å². The molecule has 4 nitrogen and oxygen atoms in total. The lowest BCUT2D eigenvalue weighted by Crippen LogP contribution is -2.43. The number of ether oxygens (including phenoxy) is 1. The Morgan fingerprint density at radius 3 is 2.41 bits per heavy atom. The van der Waals surface area contributed by atoms with Crippen molar-refractivity contribution >= 4 is 5.91 Å². The van der Waals surface area contributed by atoms with Gasteiger partial charge < -0.3 is 9.64 Å². The molecule has 1 saturated heterocycles. The van der Waals surface area contributed by atoms with E-state index < -0.39 is 0 Å². The van der Waals surface area contributed by atoms with Crippen LogP contribution in [0.25, 0.3) is 0 Å². The summed E-state index contributed by atoms with van der Waals surface area (Å²) in [5.41, 5.74) is 0. The highest BCUT2D eigenvalue weighted by atomic mass is 16.5. The predicted molar refractivity (Wildman–Crippen MR) is 65.1 cm³/mol. The van der Waals surface area contributed by atoms with Crippen LogP contribution >= 0.6 is 0 Å². The van der Waals surface area contributed by atoms with Crippen LogP contribution in [0, 0.1) is 23.2 Å². The lowest BCUT2D eigenvalue weighted by atomic mass is 9.88. The van der Waals surface area contributed by atoms with Crippen LogP contribution in [0.5, 0.6) is 0 Å². The summed E-state index contributed by atoms with van der Waals surface area (Å²) in [6.45, 7) is 7.91. The Hall–Kier alpha value is -1.08. The molecule has 0 aliphatic carbocycles. The molecule has 0 N–H and O–H groups in total. The van der Waals surface area contributed by atoms with Crippen molar-refractivity contribution in [3.63, 3.8) is 0 Å². The molecule has 5 unspecified atom stereocenters. The fourth-order valence-corrected chi connectivity index (χ4v) is 2.41. The Kier molecular flexibility index (Phi) is 4.53. The fraction of sp³-hybridized carbons (Fsp3) is 0.846. The highest BCUT2D eigenvalue weighted by molar-refractivity contribution is 5.80. The molecule has 1 aliphatic rings. The number of hydrogen-bond acceptors (Lipinski definition) is 3. The molecule has 0 bridgehead atoms. The molecule has 96 valence electrons. The van der Waals surface area contributed by atoms with Gasteiger partial charge in [0.05, 0.1) is 30.6 Å². The van der Waals surface area contributed by atoms with E-state index in [0.717, 1.165) is 0 Å². The molecule has 1 fully saturated rings. The van der Waals surface area contributed by atoms with Gasteiger partial charge in [-0.2, -0.15) is 5.26 Å². The monoisotopic (exact) mass is 238 g/mol. The van der Waals surface area contributed by atoms with Crippen molar-refractivity contribution in [1.29, 1.82) is 5.26 Å². The number of amides is 1. The highest BCUT2D eigenvalue weighted by Gasteiger charge is 2.43. The van der Waals surface area contributed by atoms with E-state index in [1.165, 1.54) is 0 Å².